The average molecular weight is 372 g/mol. The first-order chi connectivity index (χ1) is 12.1. The predicted molar refractivity (Wildman–Crippen MR) is 101 cm³/mol. The van der Waals surface area contributed by atoms with Gasteiger partial charge in [0.2, 0.25) is 0 Å². The van der Waals surface area contributed by atoms with E-state index in [0.29, 0.717) is 24.5 Å². The van der Waals surface area contributed by atoms with Crippen molar-refractivity contribution in [2.75, 3.05) is 13.2 Å². The third kappa shape index (κ3) is 9.41. The van der Waals surface area contributed by atoms with Gasteiger partial charge in [-0.3, -0.25) is 9.05 Å². The predicted octanol–water partition coefficient (Wildman–Crippen LogP) is 5.86. The molecule has 0 heterocycles. The summed E-state index contributed by atoms with van der Waals surface area (Å²) in [6.07, 6.45) is 8.21. The molecule has 0 amide bonds. The molecule has 1 N–H and O–H groups in total. The fourth-order valence-electron chi connectivity index (χ4n) is 2.34. The molecule has 0 aliphatic heterocycles. The van der Waals surface area contributed by atoms with Crippen molar-refractivity contribution in [2.45, 2.75) is 71.8 Å². The van der Waals surface area contributed by atoms with Gasteiger partial charge in [0.15, 0.2) is 0 Å². The van der Waals surface area contributed by atoms with E-state index in [-0.39, 0.29) is 6.61 Å². The van der Waals surface area contributed by atoms with E-state index in [9.17, 15) is 9.67 Å². The Labute approximate surface area is 152 Å². The van der Waals surface area contributed by atoms with Gasteiger partial charge in [0.25, 0.3) is 0 Å². The highest BCUT2D eigenvalue weighted by Gasteiger charge is 2.29. The summed E-state index contributed by atoms with van der Waals surface area (Å²) in [5, 5.41) is 9.41. The Morgan fingerprint density at radius 2 is 1.44 bits per heavy atom. The Hall–Kier alpha value is -0.870. The van der Waals surface area contributed by atoms with Crippen molar-refractivity contribution >= 4 is 7.82 Å². The summed E-state index contributed by atoms with van der Waals surface area (Å²) in [7, 11) is -3.69. The van der Waals surface area contributed by atoms with Crippen LogP contribution < -0.4 is 4.52 Å². The molecule has 0 fully saturated rings. The van der Waals surface area contributed by atoms with Gasteiger partial charge in [0.05, 0.1) is 19.8 Å². The molecule has 1 rings (SSSR count). The van der Waals surface area contributed by atoms with Crippen LogP contribution in [0.5, 0.6) is 5.75 Å². The van der Waals surface area contributed by atoms with Crippen molar-refractivity contribution in [1.82, 2.24) is 0 Å². The average Bonchev–Trinajstić information content (AvgIpc) is 2.62. The Kier molecular flexibility index (Phi) is 11.8. The summed E-state index contributed by atoms with van der Waals surface area (Å²) >= 11 is 0. The Morgan fingerprint density at radius 3 is 1.96 bits per heavy atom. The topological polar surface area (TPSA) is 65.0 Å². The van der Waals surface area contributed by atoms with Gasteiger partial charge in [-0.1, -0.05) is 70.6 Å². The maximum absolute atomic E-state index is 13.0. The highest BCUT2D eigenvalue weighted by atomic mass is 31.2. The fourth-order valence-corrected chi connectivity index (χ4v) is 3.65. The van der Waals surface area contributed by atoms with Gasteiger partial charge in [0, 0.05) is 5.56 Å². The summed E-state index contributed by atoms with van der Waals surface area (Å²) in [4.78, 5) is 0. The molecule has 1 aromatic carbocycles. The molecule has 0 atom stereocenters. The van der Waals surface area contributed by atoms with E-state index in [1.807, 2.05) is 0 Å². The van der Waals surface area contributed by atoms with Crippen molar-refractivity contribution in [2.24, 2.45) is 0 Å². The van der Waals surface area contributed by atoms with Crippen LogP contribution in [0.25, 0.3) is 0 Å². The van der Waals surface area contributed by atoms with Gasteiger partial charge in [-0.25, -0.2) is 4.57 Å². The number of hydrogen-bond donors (Lipinski definition) is 1. The van der Waals surface area contributed by atoms with Gasteiger partial charge < -0.3 is 9.63 Å². The third-order valence-corrected chi connectivity index (χ3v) is 5.27. The molecule has 0 aromatic heterocycles. The zero-order valence-corrected chi connectivity index (χ0v) is 16.5. The lowest BCUT2D eigenvalue weighted by atomic mass is 10.2. The van der Waals surface area contributed by atoms with Crippen LogP contribution in [0.3, 0.4) is 0 Å². The molecule has 0 radical (unpaired) electrons. The second-order valence-corrected chi connectivity index (χ2v) is 7.69. The number of benzene rings is 1. The number of para-hydroxylation sites is 1. The first kappa shape index (κ1) is 22.2. The first-order valence-corrected chi connectivity index (χ1v) is 10.9. The Balaban J connectivity index is 2.63. The highest BCUT2D eigenvalue weighted by Crippen LogP contribution is 2.50. The minimum absolute atomic E-state index is 0.191. The molecular formula is C19H33O5P. The van der Waals surface area contributed by atoms with Crippen molar-refractivity contribution < 1.29 is 23.2 Å². The summed E-state index contributed by atoms with van der Waals surface area (Å²) in [6, 6.07) is 6.95. The molecule has 0 saturated carbocycles. The molecule has 144 valence electrons. The van der Waals surface area contributed by atoms with Crippen LogP contribution in [-0.4, -0.2) is 18.3 Å². The van der Waals surface area contributed by atoms with Crippen LogP contribution >= 0.6 is 7.82 Å². The number of phosphoric ester groups is 1. The molecular weight excluding hydrogens is 339 g/mol. The van der Waals surface area contributed by atoms with Crippen LogP contribution in [0.15, 0.2) is 24.3 Å². The zero-order chi connectivity index (χ0) is 18.4. The van der Waals surface area contributed by atoms with E-state index in [1.165, 1.54) is 0 Å². The highest BCUT2D eigenvalue weighted by molar-refractivity contribution is 7.48. The molecule has 0 bridgehead atoms. The molecule has 6 heteroatoms. The van der Waals surface area contributed by atoms with E-state index < -0.39 is 7.82 Å². The second kappa shape index (κ2) is 13.3. The van der Waals surface area contributed by atoms with Gasteiger partial charge >= 0.3 is 7.82 Å². The molecule has 0 aliphatic rings. The van der Waals surface area contributed by atoms with Crippen molar-refractivity contribution in [1.29, 1.82) is 0 Å². The molecule has 1 aromatic rings. The Bertz CT molecular complexity index is 488. The van der Waals surface area contributed by atoms with Gasteiger partial charge in [-0.2, -0.15) is 0 Å². The number of aliphatic hydroxyl groups excluding tert-OH is 1. The van der Waals surface area contributed by atoms with Crippen molar-refractivity contribution in [3.05, 3.63) is 29.8 Å². The van der Waals surface area contributed by atoms with Crippen LogP contribution in [0.2, 0.25) is 0 Å². The maximum Gasteiger partial charge on any atom is 0.530 e. The van der Waals surface area contributed by atoms with Crippen LogP contribution in [0, 0.1) is 0 Å². The van der Waals surface area contributed by atoms with E-state index in [0.717, 1.165) is 51.4 Å². The van der Waals surface area contributed by atoms with Crippen LogP contribution in [-0.2, 0) is 20.2 Å². The van der Waals surface area contributed by atoms with Crippen molar-refractivity contribution in [3.63, 3.8) is 0 Å². The Morgan fingerprint density at radius 1 is 0.880 bits per heavy atom. The monoisotopic (exact) mass is 372 g/mol. The van der Waals surface area contributed by atoms with Gasteiger partial charge in [-0.05, 0) is 18.9 Å². The van der Waals surface area contributed by atoms with E-state index in [1.54, 1.807) is 24.3 Å². The van der Waals surface area contributed by atoms with E-state index >= 15 is 0 Å². The molecule has 0 aliphatic carbocycles. The number of phosphoric acid groups is 1. The third-order valence-electron chi connectivity index (χ3n) is 3.85. The number of hydrogen-bond acceptors (Lipinski definition) is 5. The first-order valence-electron chi connectivity index (χ1n) is 9.42. The summed E-state index contributed by atoms with van der Waals surface area (Å²) in [5.74, 6) is 0.343. The normalized spacial score (nSPS) is 11.6. The fraction of sp³-hybridized carbons (Fsp3) is 0.684. The molecule has 0 spiro atoms. The molecule has 5 nitrogen and oxygen atoms in total. The minimum atomic E-state index is -3.69. The number of unbranched alkanes of at least 4 members (excludes halogenated alkanes) is 6. The SMILES string of the molecule is CCCCCCOP(=O)(OCCCCCC)Oc1ccccc1CO. The van der Waals surface area contributed by atoms with E-state index in [4.69, 9.17) is 13.6 Å². The minimum Gasteiger partial charge on any atom is -0.404 e. The molecule has 0 saturated heterocycles. The van der Waals surface area contributed by atoms with E-state index in [2.05, 4.69) is 13.8 Å². The number of rotatable bonds is 15. The smallest absolute Gasteiger partial charge is 0.404 e. The lowest BCUT2D eigenvalue weighted by Gasteiger charge is -2.20. The van der Waals surface area contributed by atoms with Crippen molar-refractivity contribution in [3.8, 4) is 5.75 Å². The summed E-state index contributed by atoms with van der Waals surface area (Å²) in [6.45, 7) is 4.77. The largest absolute Gasteiger partial charge is 0.530 e. The van der Waals surface area contributed by atoms with Crippen LogP contribution in [0.1, 0.15) is 70.8 Å². The van der Waals surface area contributed by atoms with Crippen LogP contribution in [0.4, 0.5) is 0 Å². The quantitative estimate of drug-likeness (QED) is 0.308. The lowest BCUT2D eigenvalue weighted by Crippen LogP contribution is -2.06. The summed E-state index contributed by atoms with van der Waals surface area (Å²) < 4.78 is 29.6. The molecule has 0 unspecified atom stereocenters. The molecule has 25 heavy (non-hydrogen) atoms. The summed E-state index contributed by atoms with van der Waals surface area (Å²) in [5.41, 5.74) is 0.562. The number of aliphatic hydroxyl groups is 1. The lowest BCUT2D eigenvalue weighted by molar-refractivity contribution is 0.149. The zero-order valence-electron chi connectivity index (χ0n) is 15.6. The standard InChI is InChI=1S/C19H33O5P/c1-3-5-7-11-15-22-25(21,23-16-12-8-6-4-2)24-19-14-10-9-13-18(19)17-20/h9-10,13-14,20H,3-8,11-12,15-17H2,1-2H3. The van der Waals surface area contributed by atoms with Gasteiger partial charge in [-0.15, -0.1) is 0 Å². The maximum atomic E-state index is 13.0. The van der Waals surface area contributed by atoms with Gasteiger partial charge in [0.1, 0.15) is 5.75 Å². The second-order valence-electron chi connectivity index (χ2n) is 6.09.